The van der Waals surface area contributed by atoms with Crippen LogP contribution in [0.15, 0.2) is 28.7 Å². The summed E-state index contributed by atoms with van der Waals surface area (Å²) in [4.78, 5) is 19.8. The molecule has 2 aromatic rings. The average molecular weight is 315 g/mol. The highest BCUT2D eigenvalue weighted by atomic mass is 35.5. The summed E-state index contributed by atoms with van der Waals surface area (Å²) in [7, 11) is 0. The molecule has 0 amide bonds. The lowest BCUT2D eigenvalue weighted by atomic mass is 10.3. The van der Waals surface area contributed by atoms with E-state index in [9.17, 15) is 4.79 Å². The van der Waals surface area contributed by atoms with Gasteiger partial charge in [0.05, 0.1) is 5.02 Å². The van der Waals surface area contributed by atoms with Gasteiger partial charge >= 0.3 is 0 Å². The number of nitrogen functional groups attached to an aromatic ring is 1. The molecule has 1 radical (unpaired) electrons. The number of oxime groups is 1. The second-order valence-corrected chi connectivity index (χ2v) is 5.01. The molecule has 0 aliphatic heterocycles. The molecule has 0 unspecified atom stereocenters. The van der Waals surface area contributed by atoms with Crippen molar-refractivity contribution >= 4 is 51.7 Å². The van der Waals surface area contributed by atoms with Gasteiger partial charge in [0, 0.05) is 10.4 Å². The Morgan fingerprint density at radius 2 is 2.26 bits per heavy atom. The van der Waals surface area contributed by atoms with Crippen LogP contribution in [-0.4, -0.2) is 17.0 Å². The van der Waals surface area contributed by atoms with Crippen molar-refractivity contribution in [3.05, 3.63) is 39.3 Å². The van der Waals surface area contributed by atoms with Gasteiger partial charge in [-0.3, -0.25) is 4.79 Å². The third kappa shape index (κ3) is 3.44. The monoisotopic (exact) mass is 314 g/mol. The largest absolute Gasteiger partial charge is 0.375 e. The van der Waals surface area contributed by atoms with Crippen molar-refractivity contribution in [1.82, 2.24) is 4.98 Å². The predicted molar refractivity (Wildman–Crippen MR) is 75.8 cm³/mol. The molecule has 19 heavy (non-hydrogen) atoms. The zero-order valence-electron chi connectivity index (χ0n) is 9.26. The fraction of sp³-hybridized carbons (Fsp3) is 0. The van der Waals surface area contributed by atoms with Crippen molar-refractivity contribution in [1.29, 1.82) is 0 Å². The average Bonchev–Trinajstić information content (AvgIpc) is 2.79. The molecule has 2 rings (SSSR count). The molecule has 8 heteroatoms. The highest BCUT2D eigenvalue weighted by molar-refractivity contribution is 7.13. The fourth-order valence-corrected chi connectivity index (χ4v) is 2.15. The molecule has 1 heterocycles. The van der Waals surface area contributed by atoms with Crippen LogP contribution in [0.3, 0.4) is 0 Å². The Labute approximate surface area is 122 Å². The highest BCUT2D eigenvalue weighted by Crippen LogP contribution is 2.27. The molecular weight excluding hydrogens is 309 g/mol. The number of anilines is 1. The number of hydrogen-bond donors (Lipinski definition) is 1. The van der Waals surface area contributed by atoms with E-state index in [-0.39, 0.29) is 16.5 Å². The second kappa shape index (κ2) is 6.01. The number of nitrogens with zero attached hydrogens (tertiary/aromatic N) is 2. The van der Waals surface area contributed by atoms with Gasteiger partial charge in [0.1, 0.15) is 5.69 Å². The maximum Gasteiger partial charge on any atom is 0.259 e. The summed E-state index contributed by atoms with van der Waals surface area (Å²) < 4.78 is 0. The van der Waals surface area contributed by atoms with Crippen LogP contribution in [0.4, 0.5) is 5.13 Å². The zero-order chi connectivity index (χ0) is 13.8. The number of carbonyl (C=O) groups excluding carboxylic acids is 1. The summed E-state index contributed by atoms with van der Waals surface area (Å²) in [5.41, 5.74) is 5.66. The molecule has 1 aromatic heterocycles. The number of halogens is 2. The summed E-state index contributed by atoms with van der Waals surface area (Å²) in [6.07, 6.45) is 1.63. The molecule has 97 valence electrons. The molecule has 0 saturated carbocycles. The van der Waals surface area contributed by atoms with Crippen LogP contribution in [0.5, 0.6) is 5.75 Å². The molecule has 0 bridgehead atoms. The van der Waals surface area contributed by atoms with Crippen molar-refractivity contribution in [2.75, 3.05) is 5.73 Å². The van der Waals surface area contributed by atoms with Gasteiger partial charge in [-0.05, 0) is 18.2 Å². The van der Waals surface area contributed by atoms with E-state index in [0.717, 1.165) is 0 Å². The van der Waals surface area contributed by atoms with Crippen LogP contribution in [0.2, 0.25) is 10.0 Å². The van der Waals surface area contributed by atoms with Crippen molar-refractivity contribution < 1.29 is 9.63 Å². The van der Waals surface area contributed by atoms with Gasteiger partial charge in [0.25, 0.3) is 6.29 Å². The van der Waals surface area contributed by atoms with E-state index < -0.39 is 0 Å². The molecule has 0 saturated heterocycles. The van der Waals surface area contributed by atoms with Crippen LogP contribution in [-0.2, 0) is 4.79 Å². The Morgan fingerprint density at radius 3 is 2.84 bits per heavy atom. The summed E-state index contributed by atoms with van der Waals surface area (Å²) in [6, 6.07) is 4.62. The Kier molecular flexibility index (Phi) is 4.36. The number of nitrogens with two attached hydrogens (primary N) is 1. The van der Waals surface area contributed by atoms with Crippen LogP contribution in [0.25, 0.3) is 0 Å². The predicted octanol–water partition coefficient (Wildman–Crippen LogP) is 2.92. The van der Waals surface area contributed by atoms with E-state index in [1.165, 1.54) is 23.5 Å². The lowest BCUT2D eigenvalue weighted by molar-refractivity contribution is 0.342. The van der Waals surface area contributed by atoms with Gasteiger partial charge in [-0.15, -0.1) is 11.3 Å². The van der Waals surface area contributed by atoms with Crippen molar-refractivity contribution in [3.63, 3.8) is 0 Å². The van der Waals surface area contributed by atoms with Crippen molar-refractivity contribution in [3.8, 4) is 5.75 Å². The van der Waals surface area contributed by atoms with E-state index in [1.54, 1.807) is 17.7 Å². The van der Waals surface area contributed by atoms with E-state index in [2.05, 4.69) is 10.1 Å². The summed E-state index contributed by atoms with van der Waals surface area (Å²) >= 11 is 12.8. The smallest absolute Gasteiger partial charge is 0.259 e. The number of thiazole rings is 1. The van der Waals surface area contributed by atoms with Crippen LogP contribution < -0.4 is 10.6 Å². The first-order valence-corrected chi connectivity index (χ1v) is 6.53. The molecule has 5 nitrogen and oxygen atoms in total. The molecule has 0 spiro atoms. The molecule has 0 aliphatic carbocycles. The quantitative estimate of drug-likeness (QED) is 0.695. The van der Waals surface area contributed by atoms with Crippen molar-refractivity contribution in [2.45, 2.75) is 0 Å². The lowest BCUT2D eigenvalue weighted by Gasteiger charge is -2.01. The minimum absolute atomic E-state index is 0.0982. The third-order valence-electron chi connectivity index (χ3n) is 1.99. The van der Waals surface area contributed by atoms with Gasteiger partial charge in [-0.2, -0.15) is 0 Å². The van der Waals surface area contributed by atoms with Gasteiger partial charge < -0.3 is 10.6 Å². The molecular formula is C11H6Cl2N3O2S. The molecule has 1 aromatic carbocycles. The zero-order valence-corrected chi connectivity index (χ0v) is 11.6. The number of rotatable bonds is 4. The molecule has 0 fully saturated rings. The highest BCUT2D eigenvalue weighted by Gasteiger charge is 2.10. The Hall–Kier alpha value is -1.63. The van der Waals surface area contributed by atoms with E-state index in [4.69, 9.17) is 33.8 Å². The number of benzene rings is 1. The van der Waals surface area contributed by atoms with Gasteiger partial charge in [-0.1, -0.05) is 28.4 Å². The standard InChI is InChI=1S/C11H6Cl2N3O2S/c12-6-1-2-10(7(13)3-6)18-16-8(4-17)9-5-19-11(14)15-9/h1-3,5H,(H2,14,15)/b16-8+. The normalized spacial score (nSPS) is 11.4. The van der Waals surface area contributed by atoms with Crippen LogP contribution in [0.1, 0.15) is 5.69 Å². The maximum absolute atomic E-state index is 10.8. The molecule has 0 aliphatic rings. The summed E-state index contributed by atoms with van der Waals surface area (Å²) in [6.45, 7) is 0. The Morgan fingerprint density at radius 1 is 1.47 bits per heavy atom. The SMILES string of the molecule is Nc1nc(/C([C]=O)=N/Oc2ccc(Cl)cc2Cl)cs1. The van der Waals surface area contributed by atoms with Gasteiger partial charge in [-0.25, -0.2) is 4.98 Å². The third-order valence-corrected chi connectivity index (χ3v) is 3.19. The van der Waals surface area contributed by atoms with Crippen LogP contribution >= 0.6 is 34.5 Å². The van der Waals surface area contributed by atoms with E-state index >= 15 is 0 Å². The summed E-state index contributed by atoms with van der Waals surface area (Å²) in [5, 5.41) is 6.28. The second-order valence-electron chi connectivity index (χ2n) is 3.28. The minimum atomic E-state index is -0.0982. The topological polar surface area (TPSA) is 77.6 Å². The van der Waals surface area contributed by atoms with Crippen LogP contribution in [0, 0.1) is 0 Å². The lowest BCUT2D eigenvalue weighted by Crippen LogP contribution is -2.05. The van der Waals surface area contributed by atoms with Gasteiger partial charge in [0.15, 0.2) is 16.6 Å². The molecule has 0 atom stereocenters. The minimum Gasteiger partial charge on any atom is -0.375 e. The first-order valence-electron chi connectivity index (χ1n) is 4.89. The van der Waals surface area contributed by atoms with E-state index in [0.29, 0.717) is 15.8 Å². The first kappa shape index (κ1) is 13.8. The molecule has 2 N–H and O–H groups in total. The van der Waals surface area contributed by atoms with Gasteiger partial charge in [0.2, 0.25) is 0 Å². The van der Waals surface area contributed by atoms with Crippen molar-refractivity contribution in [2.24, 2.45) is 5.16 Å². The fourth-order valence-electron chi connectivity index (χ4n) is 1.16. The van der Waals surface area contributed by atoms with E-state index in [1.807, 2.05) is 0 Å². The Balaban J connectivity index is 2.22. The number of aromatic nitrogens is 1. The maximum atomic E-state index is 10.8. The first-order chi connectivity index (χ1) is 9.10. The summed E-state index contributed by atoms with van der Waals surface area (Å²) in [5.74, 6) is 0.266. The number of hydrogen-bond acceptors (Lipinski definition) is 6. The Bertz CT molecular complexity index is 643.